The number of nitrogens with two attached hydrogens (primary N) is 1. The minimum Gasteiger partial charge on any atom is -0.397 e. The van der Waals surface area contributed by atoms with Gasteiger partial charge in [-0.25, -0.2) is 4.98 Å². The summed E-state index contributed by atoms with van der Waals surface area (Å²) in [7, 11) is 0. The third kappa shape index (κ3) is 2.20. The molecule has 2 rings (SSSR count). The summed E-state index contributed by atoms with van der Waals surface area (Å²) in [6, 6.07) is 5.36. The van der Waals surface area contributed by atoms with Crippen LogP contribution in [0.2, 0.25) is 0 Å². The maximum Gasteiger partial charge on any atom is 0.269 e. The predicted molar refractivity (Wildman–Crippen MR) is 65.7 cm³/mol. The first-order valence-corrected chi connectivity index (χ1v) is 5.62. The zero-order chi connectivity index (χ0) is 11.5. The van der Waals surface area contributed by atoms with Crippen molar-refractivity contribution in [2.24, 2.45) is 0 Å². The number of hydrogen-bond donors (Lipinski definition) is 2. The normalized spacial score (nSPS) is 10.1. The molecular formula is C11H11N3OS. The fraction of sp³-hybridized carbons (Fsp3) is 0.0909. The van der Waals surface area contributed by atoms with Crippen molar-refractivity contribution in [1.82, 2.24) is 4.98 Å². The molecule has 0 aliphatic carbocycles. The van der Waals surface area contributed by atoms with Crippen molar-refractivity contribution in [3.05, 3.63) is 40.2 Å². The lowest BCUT2D eigenvalue weighted by molar-refractivity contribution is 0.103. The van der Waals surface area contributed by atoms with Crippen LogP contribution in [-0.4, -0.2) is 10.9 Å². The van der Waals surface area contributed by atoms with E-state index >= 15 is 0 Å². The van der Waals surface area contributed by atoms with Crippen LogP contribution in [0.4, 0.5) is 11.5 Å². The summed E-state index contributed by atoms with van der Waals surface area (Å²) in [4.78, 5) is 16.4. The molecule has 2 aromatic heterocycles. The summed E-state index contributed by atoms with van der Waals surface area (Å²) in [6.07, 6.45) is 1.70. The van der Waals surface area contributed by atoms with Crippen LogP contribution in [0.5, 0.6) is 0 Å². The van der Waals surface area contributed by atoms with Gasteiger partial charge in [-0.05, 0) is 30.0 Å². The SMILES string of the molecule is Cc1ccc(NC(=O)c2sccc2N)nc1. The molecule has 0 fully saturated rings. The number of nitrogens with one attached hydrogen (secondary N) is 1. The van der Waals surface area contributed by atoms with Gasteiger partial charge in [0.15, 0.2) is 0 Å². The predicted octanol–water partition coefficient (Wildman–Crippen LogP) is 2.29. The molecule has 0 aromatic carbocycles. The van der Waals surface area contributed by atoms with Gasteiger partial charge in [-0.1, -0.05) is 6.07 Å². The Morgan fingerprint density at radius 2 is 2.25 bits per heavy atom. The van der Waals surface area contributed by atoms with E-state index in [0.29, 0.717) is 16.4 Å². The molecule has 82 valence electrons. The Morgan fingerprint density at radius 3 is 2.81 bits per heavy atom. The molecule has 4 nitrogen and oxygen atoms in total. The molecule has 5 heteroatoms. The van der Waals surface area contributed by atoms with E-state index in [2.05, 4.69) is 10.3 Å². The van der Waals surface area contributed by atoms with Crippen molar-refractivity contribution in [1.29, 1.82) is 0 Å². The number of aromatic nitrogens is 1. The minimum absolute atomic E-state index is 0.219. The highest BCUT2D eigenvalue weighted by atomic mass is 32.1. The number of aryl methyl sites for hydroxylation is 1. The Morgan fingerprint density at radius 1 is 1.44 bits per heavy atom. The summed E-state index contributed by atoms with van der Waals surface area (Å²) >= 11 is 1.32. The Kier molecular flexibility index (Phi) is 2.87. The van der Waals surface area contributed by atoms with E-state index in [4.69, 9.17) is 5.73 Å². The number of carbonyl (C=O) groups excluding carboxylic acids is 1. The van der Waals surface area contributed by atoms with Crippen LogP contribution in [0.25, 0.3) is 0 Å². The molecule has 0 aliphatic heterocycles. The Hall–Kier alpha value is -1.88. The van der Waals surface area contributed by atoms with Crippen molar-refractivity contribution in [3.63, 3.8) is 0 Å². The average molecular weight is 233 g/mol. The zero-order valence-electron chi connectivity index (χ0n) is 8.73. The number of thiophene rings is 1. The fourth-order valence-corrected chi connectivity index (χ4v) is 1.93. The maximum atomic E-state index is 11.8. The van der Waals surface area contributed by atoms with Crippen LogP contribution in [0.3, 0.4) is 0 Å². The molecule has 0 bridgehead atoms. The Balaban J connectivity index is 2.14. The van der Waals surface area contributed by atoms with E-state index in [-0.39, 0.29) is 5.91 Å². The maximum absolute atomic E-state index is 11.8. The molecule has 1 amide bonds. The largest absolute Gasteiger partial charge is 0.397 e. The summed E-state index contributed by atoms with van der Waals surface area (Å²) < 4.78 is 0. The monoisotopic (exact) mass is 233 g/mol. The van der Waals surface area contributed by atoms with E-state index in [1.54, 1.807) is 23.7 Å². The first-order chi connectivity index (χ1) is 7.66. The van der Waals surface area contributed by atoms with Crippen molar-refractivity contribution in [2.75, 3.05) is 11.1 Å². The number of rotatable bonds is 2. The topological polar surface area (TPSA) is 68.0 Å². The van der Waals surface area contributed by atoms with Crippen molar-refractivity contribution in [2.45, 2.75) is 6.92 Å². The summed E-state index contributed by atoms with van der Waals surface area (Å²) in [5.74, 6) is 0.312. The Bertz CT molecular complexity index is 504. The van der Waals surface area contributed by atoms with E-state index in [0.717, 1.165) is 5.56 Å². The van der Waals surface area contributed by atoms with Crippen molar-refractivity contribution >= 4 is 28.7 Å². The summed E-state index contributed by atoms with van der Waals surface area (Å²) in [5, 5.41) is 4.48. The molecule has 0 saturated carbocycles. The lowest BCUT2D eigenvalue weighted by Crippen LogP contribution is -2.12. The number of pyridine rings is 1. The highest BCUT2D eigenvalue weighted by molar-refractivity contribution is 7.12. The fourth-order valence-electron chi connectivity index (χ4n) is 1.22. The van der Waals surface area contributed by atoms with Gasteiger partial charge < -0.3 is 11.1 Å². The number of nitrogens with zero attached hydrogens (tertiary/aromatic N) is 1. The summed E-state index contributed by atoms with van der Waals surface area (Å²) in [6.45, 7) is 1.94. The number of amides is 1. The molecule has 2 aromatic rings. The minimum atomic E-state index is -0.219. The van der Waals surface area contributed by atoms with Gasteiger partial charge >= 0.3 is 0 Å². The smallest absolute Gasteiger partial charge is 0.269 e. The van der Waals surface area contributed by atoms with Crippen LogP contribution >= 0.6 is 11.3 Å². The van der Waals surface area contributed by atoms with Crippen LogP contribution in [-0.2, 0) is 0 Å². The van der Waals surface area contributed by atoms with Crippen LogP contribution in [0, 0.1) is 6.92 Å². The second kappa shape index (κ2) is 4.32. The first kappa shape index (κ1) is 10.6. The molecule has 0 aliphatic rings. The molecule has 2 heterocycles. The molecule has 0 radical (unpaired) electrons. The zero-order valence-corrected chi connectivity index (χ0v) is 9.54. The molecule has 0 spiro atoms. The highest BCUT2D eigenvalue weighted by Crippen LogP contribution is 2.19. The first-order valence-electron chi connectivity index (χ1n) is 4.74. The standard InChI is InChI=1S/C11H11N3OS/c1-7-2-3-9(13-6-7)14-11(15)10-8(12)4-5-16-10/h2-6H,12H2,1H3,(H,13,14,15). The second-order valence-electron chi connectivity index (χ2n) is 3.38. The lowest BCUT2D eigenvalue weighted by atomic mass is 10.3. The Labute approximate surface area is 97.1 Å². The van der Waals surface area contributed by atoms with Gasteiger partial charge in [0.05, 0.1) is 5.69 Å². The highest BCUT2D eigenvalue weighted by Gasteiger charge is 2.11. The average Bonchev–Trinajstić information content (AvgIpc) is 2.68. The third-order valence-electron chi connectivity index (χ3n) is 2.05. The van der Waals surface area contributed by atoms with Gasteiger partial charge in [0.25, 0.3) is 5.91 Å². The van der Waals surface area contributed by atoms with Gasteiger partial charge in [-0.3, -0.25) is 4.79 Å². The quantitative estimate of drug-likeness (QED) is 0.836. The summed E-state index contributed by atoms with van der Waals surface area (Å²) in [5.41, 5.74) is 7.19. The van der Waals surface area contributed by atoms with Crippen LogP contribution in [0.1, 0.15) is 15.2 Å². The number of carbonyl (C=O) groups is 1. The van der Waals surface area contributed by atoms with E-state index < -0.39 is 0 Å². The van der Waals surface area contributed by atoms with Gasteiger partial charge in [0.2, 0.25) is 0 Å². The molecule has 0 unspecified atom stereocenters. The van der Waals surface area contributed by atoms with Gasteiger partial charge in [-0.15, -0.1) is 11.3 Å². The van der Waals surface area contributed by atoms with Gasteiger partial charge in [0, 0.05) is 6.20 Å². The number of hydrogen-bond acceptors (Lipinski definition) is 4. The molecule has 0 saturated heterocycles. The van der Waals surface area contributed by atoms with Gasteiger partial charge in [0.1, 0.15) is 10.7 Å². The second-order valence-corrected chi connectivity index (χ2v) is 4.30. The molecule has 0 atom stereocenters. The number of anilines is 2. The van der Waals surface area contributed by atoms with Crippen LogP contribution < -0.4 is 11.1 Å². The van der Waals surface area contributed by atoms with E-state index in [9.17, 15) is 4.79 Å². The lowest BCUT2D eigenvalue weighted by Gasteiger charge is -2.03. The van der Waals surface area contributed by atoms with Gasteiger partial charge in [-0.2, -0.15) is 0 Å². The van der Waals surface area contributed by atoms with E-state index in [1.807, 2.05) is 13.0 Å². The van der Waals surface area contributed by atoms with Crippen molar-refractivity contribution < 1.29 is 4.79 Å². The van der Waals surface area contributed by atoms with E-state index in [1.165, 1.54) is 11.3 Å². The molecule has 16 heavy (non-hydrogen) atoms. The number of nitrogen functional groups attached to an aromatic ring is 1. The van der Waals surface area contributed by atoms with Crippen LogP contribution in [0.15, 0.2) is 29.8 Å². The molecular weight excluding hydrogens is 222 g/mol. The third-order valence-corrected chi connectivity index (χ3v) is 2.98. The molecule has 3 N–H and O–H groups in total. The van der Waals surface area contributed by atoms with Crippen molar-refractivity contribution in [3.8, 4) is 0 Å².